The minimum Gasteiger partial charge on any atom is -0.298 e. The summed E-state index contributed by atoms with van der Waals surface area (Å²) < 4.78 is 0. The van der Waals surface area contributed by atoms with Gasteiger partial charge in [-0.3, -0.25) is 35.9 Å². The maximum Gasteiger partial charge on any atom is 0.269 e. The van der Waals surface area contributed by atoms with E-state index in [0.29, 0.717) is 0 Å². The molecule has 0 fully saturated rings. The van der Waals surface area contributed by atoms with Gasteiger partial charge in [-0.15, -0.1) is 0 Å². The van der Waals surface area contributed by atoms with Gasteiger partial charge < -0.3 is 0 Å². The van der Waals surface area contributed by atoms with E-state index in [0.717, 1.165) is 0 Å². The molecule has 0 unspecified atom stereocenters. The maximum atomic E-state index is 11.7. The number of nitro benzene ring substituents is 1. The van der Waals surface area contributed by atoms with Crippen molar-refractivity contribution in [2.45, 2.75) is 6.42 Å². The summed E-state index contributed by atoms with van der Waals surface area (Å²) in [6, 6.07) is 6.53. The van der Waals surface area contributed by atoms with Gasteiger partial charge in [-0.1, -0.05) is 0 Å². The molecule has 0 aliphatic carbocycles. The molecule has 0 radical (unpaired) electrons. The largest absolute Gasteiger partial charge is 0.298 e. The lowest BCUT2D eigenvalue weighted by Gasteiger charge is -2.09. The van der Waals surface area contributed by atoms with Gasteiger partial charge in [0, 0.05) is 17.7 Å². The summed E-state index contributed by atoms with van der Waals surface area (Å²) in [4.78, 5) is 32.6. The van der Waals surface area contributed by atoms with Crippen molar-refractivity contribution in [3.63, 3.8) is 0 Å². The first kappa shape index (κ1) is 16.0. The summed E-state index contributed by atoms with van der Waals surface area (Å²) >= 11 is 4.75. The minimum absolute atomic E-state index is 0.143. The van der Waals surface area contributed by atoms with Crippen LogP contribution in [0.1, 0.15) is 16.8 Å². The van der Waals surface area contributed by atoms with Crippen LogP contribution in [0.4, 0.5) is 5.69 Å². The second-order valence-corrected chi connectivity index (χ2v) is 4.00. The number of amides is 2. The average Bonchev–Trinajstić information content (AvgIpc) is 2.45. The highest BCUT2D eigenvalue weighted by Gasteiger charge is 2.11. The summed E-state index contributed by atoms with van der Waals surface area (Å²) in [5, 5.41) is 20.8. The number of carbonyl (C=O) groups excluding carboxylic acids is 2. The monoisotopic (exact) mass is 307 g/mol. The number of non-ortho nitro benzene ring substituents is 1. The van der Waals surface area contributed by atoms with Crippen LogP contribution in [-0.2, 0) is 4.79 Å². The highest BCUT2D eigenvalue weighted by Crippen LogP contribution is 2.11. The lowest BCUT2D eigenvalue weighted by molar-refractivity contribution is -0.384. The Labute approximate surface area is 124 Å². The number of nitriles is 1. The molecule has 0 bridgehead atoms. The molecule has 0 aromatic heterocycles. The van der Waals surface area contributed by atoms with Crippen LogP contribution in [0.2, 0.25) is 0 Å². The van der Waals surface area contributed by atoms with Crippen LogP contribution in [0, 0.1) is 21.4 Å². The van der Waals surface area contributed by atoms with Crippen molar-refractivity contribution in [2.75, 3.05) is 0 Å². The van der Waals surface area contributed by atoms with Crippen LogP contribution >= 0.6 is 12.2 Å². The van der Waals surface area contributed by atoms with Crippen molar-refractivity contribution in [3.05, 3.63) is 39.9 Å². The van der Waals surface area contributed by atoms with Crippen LogP contribution in [-0.4, -0.2) is 21.9 Å². The first-order chi connectivity index (χ1) is 9.93. The summed E-state index contributed by atoms with van der Waals surface area (Å²) in [5.74, 6) is -1.21. The molecule has 3 N–H and O–H groups in total. The number of nitrogens with zero attached hydrogens (tertiary/aromatic N) is 2. The number of nitro groups is 1. The molecule has 0 aliphatic heterocycles. The van der Waals surface area contributed by atoms with Gasteiger partial charge >= 0.3 is 0 Å². The molecule has 10 heteroatoms. The third-order valence-electron chi connectivity index (χ3n) is 2.12. The Kier molecular flexibility index (Phi) is 5.72. The maximum absolute atomic E-state index is 11.7. The zero-order valence-corrected chi connectivity index (χ0v) is 11.3. The summed E-state index contributed by atoms with van der Waals surface area (Å²) in [6.45, 7) is 0. The van der Waals surface area contributed by atoms with E-state index in [2.05, 4.69) is 16.2 Å². The molecule has 21 heavy (non-hydrogen) atoms. The number of rotatable bonds is 3. The number of carbonyl (C=O) groups is 2. The topological polar surface area (TPSA) is 137 Å². The highest BCUT2D eigenvalue weighted by molar-refractivity contribution is 7.80. The Morgan fingerprint density at radius 1 is 1.29 bits per heavy atom. The zero-order valence-electron chi connectivity index (χ0n) is 10.5. The molecule has 0 saturated carbocycles. The number of hydrogen-bond donors (Lipinski definition) is 3. The predicted octanol–water partition coefficient (Wildman–Crippen LogP) is 0.144. The van der Waals surface area contributed by atoms with E-state index in [4.69, 9.17) is 17.5 Å². The molecule has 0 heterocycles. The summed E-state index contributed by atoms with van der Waals surface area (Å²) in [5.41, 5.74) is 4.36. The standard InChI is InChI=1S/C11H9N5O4S/c12-6-5-9(17)14-15-11(21)13-10(18)7-1-3-8(4-2-7)16(19)20/h1-4H,5H2,(H,14,17)(H2,13,15,18,21). The summed E-state index contributed by atoms with van der Waals surface area (Å²) in [7, 11) is 0. The average molecular weight is 307 g/mol. The molecule has 1 rings (SSSR count). The second-order valence-electron chi connectivity index (χ2n) is 3.60. The third kappa shape index (κ3) is 5.21. The molecule has 0 saturated heterocycles. The Hall–Kier alpha value is -3.06. The van der Waals surface area contributed by atoms with Crippen LogP contribution in [0.25, 0.3) is 0 Å². The molecule has 1 aromatic carbocycles. The van der Waals surface area contributed by atoms with Gasteiger partial charge in [0.1, 0.15) is 6.42 Å². The van der Waals surface area contributed by atoms with E-state index in [9.17, 15) is 19.7 Å². The molecule has 2 amide bonds. The van der Waals surface area contributed by atoms with Gasteiger partial charge in [-0.05, 0) is 24.4 Å². The van der Waals surface area contributed by atoms with Gasteiger partial charge in [0.15, 0.2) is 5.11 Å². The van der Waals surface area contributed by atoms with Crippen LogP contribution in [0.15, 0.2) is 24.3 Å². The van der Waals surface area contributed by atoms with Crippen molar-refractivity contribution in [1.82, 2.24) is 16.2 Å². The fraction of sp³-hybridized carbons (Fsp3) is 0.0909. The van der Waals surface area contributed by atoms with Crippen LogP contribution in [0.5, 0.6) is 0 Å². The molecule has 0 spiro atoms. The van der Waals surface area contributed by atoms with Gasteiger partial charge in [-0.25, -0.2) is 0 Å². The van der Waals surface area contributed by atoms with E-state index in [1.54, 1.807) is 6.07 Å². The van der Waals surface area contributed by atoms with Gasteiger partial charge in [-0.2, -0.15) is 5.26 Å². The fourth-order valence-electron chi connectivity index (χ4n) is 1.18. The second kappa shape index (κ2) is 7.51. The van der Waals surface area contributed by atoms with Crippen molar-refractivity contribution in [2.24, 2.45) is 0 Å². The van der Waals surface area contributed by atoms with Crippen LogP contribution < -0.4 is 16.2 Å². The molecule has 9 nitrogen and oxygen atoms in total. The summed E-state index contributed by atoms with van der Waals surface area (Å²) in [6.07, 6.45) is -0.355. The Morgan fingerprint density at radius 3 is 2.43 bits per heavy atom. The van der Waals surface area contributed by atoms with Gasteiger partial charge in [0.25, 0.3) is 17.5 Å². The SMILES string of the molecule is N#CCC(=O)NNC(=S)NC(=O)c1ccc([N+](=O)[O-])cc1. The third-order valence-corrected chi connectivity index (χ3v) is 2.33. The van der Waals surface area contributed by atoms with Crippen molar-refractivity contribution in [3.8, 4) is 6.07 Å². The molecule has 108 valence electrons. The highest BCUT2D eigenvalue weighted by atomic mass is 32.1. The quantitative estimate of drug-likeness (QED) is 0.410. The molecular weight excluding hydrogens is 298 g/mol. The van der Waals surface area contributed by atoms with E-state index in [-0.39, 0.29) is 22.8 Å². The molecule has 0 aliphatic rings. The Balaban J connectivity index is 2.53. The number of hydrogen-bond acceptors (Lipinski definition) is 6. The Bertz CT molecular complexity index is 622. The fourth-order valence-corrected chi connectivity index (χ4v) is 1.33. The number of nitrogens with one attached hydrogen (secondary N) is 3. The molecule has 0 atom stereocenters. The molecular formula is C11H9N5O4S. The van der Waals surface area contributed by atoms with Gasteiger partial charge in [0.2, 0.25) is 0 Å². The number of hydrazine groups is 1. The van der Waals surface area contributed by atoms with E-state index in [1.165, 1.54) is 24.3 Å². The first-order valence-corrected chi connectivity index (χ1v) is 5.86. The van der Waals surface area contributed by atoms with E-state index in [1.807, 2.05) is 0 Å². The minimum atomic E-state index is -0.607. The zero-order chi connectivity index (χ0) is 15.8. The van der Waals surface area contributed by atoms with Gasteiger partial charge in [0.05, 0.1) is 11.0 Å². The number of thiocarbonyl (C=S) groups is 1. The smallest absolute Gasteiger partial charge is 0.269 e. The Morgan fingerprint density at radius 2 is 1.90 bits per heavy atom. The van der Waals surface area contributed by atoms with E-state index < -0.39 is 16.7 Å². The van der Waals surface area contributed by atoms with E-state index >= 15 is 0 Å². The first-order valence-electron chi connectivity index (χ1n) is 5.45. The van der Waals surface area contributed by atoms with Crippen molar-refractivity contribution < 1.29 is 14.5 Å². The van der Waals surface area contributed by atoms with Crippen molar-refractivity contribution in [1.29, 1.82) is 5.26 Å². The lowest BCUT2D eigenvalue weighted by Crippen LogP contribution is -2.48. The van der Waals surface area contributed by atoms with Crippen molar-refractivity contribution >= 4 is 34.8 Å². The molecule has 1 aromatic rings. The number of benzene rings is 1. The lowest BCUT2D eigenvalue weighted by atomic mass is 10.2. The van der Waals surface area contributed by atoms with Crippen LogP contribution in [0.3, 0.4) is 0 Å². The predicted molar refractivity (Wildman–Crippen MR) is 74.7 cm³/mol. The normalized spacial score (nSPS) is 9.10.